The van der Waals surface area contributed by atoms with Crippen LogP contribution in [0, 0.1) is 9.54 Å². The SMILES string of the molecule is S=c1nc(SCl)[nH]c(=S)[nH]1. The summed E-state index contributed by atoms with van der Waals surface area (Å²) >= 11 is 9.49. The maximum Gasteiger partial charge on any atom is 0.201 e. The van der Waals surface area contributed by atoms with E-state index >= 15 is 0 Å². The zero-order valence-electron chi connectivity index (χ0n) is 4.55. The van der Waals surface area contributed by atoms with Crippen molar-refractivity contribution >= 4 is 46.1 Å². The van der Waals surface area contributed by atoms with Gasteiger partial charge in [-0.05, 0) is 35.1 Å². The Morgan fingerprint density at radius 2 is 2.10 bits per heavy atom. The first-order chi connectivity index (χ1) is 4.72. The molecule has 0 aliphatic rings. The topological polar surface area (TPSA) is 44.5 Å². The summed E-state index contributed by atoms with van der Waals surface area (Å²) in [5.41, 5.74) is 0. The van der Waals surface area contributed by atoms with E-state index < -0.39 is 0 Å². The van der Waals surface area contributed by atoms with Crippen LogP contribution < -0.4 is 0 Å². The summed E-state index contributed by atoms with van der Waals surface area (Å²) in [6.45, 7) is 0. The second-order valence-electron chi connectivity index (χ2n) is 1.38. The molecule has 0 bridgehead atoms. The first-order valence-corrected chi connectivity index (χ1v) is 4.67. The van der Waals surface area contributed by atoms with Crippen LogP contribution in [0.4, 0.5) is 0 Å². The van der Waals surface area contributed by atoms with E-state index in [9.17, 15) is 0 Å². The third kappa shape index (κ3) is 2.05. The number of aromatic amines is 2. The molecule has 0 radical (unpaired) electrons. The number of rotatable bonds is 1. The Morgan fingerprint density at radius 3 is 2.60 bits per heavy atom. The van der Waals surface area contributed by atoms with Crippen molar-refractivity contribution < 1.29 is 0 Å². The monoisotopic (exact) mass is 211 g/mol. The van der Waals surface area contributed by atoms with E-state index in [4.69, 9.17) is 35.1 Å². The van der Waals surface area contributed by atoms with E-state index in [0.717, 1.165) is 11.0 Å². The number of hydrogen-bond acceptors (Lipinski definition) is 4. The Morgan fingerprint density at radius 1 is 1.40 bits per heavy atom. The number of halogens is 1. The number of nitrogens with zero attached hydrogens (tertiary/aromatic N) is 1. The molecule has 0 fully saturated rings. The maximum atomic E-state index is 5.39. The van der Waals surface area contributed by atoms with Gasteiger partial charge in [-0.15, -0.1) is 0 Å². The minimum atomic E-state index is 0.340. The molecule has 0 aliphatic carbocycles. The summed E-state index contributed by atoms with van der Waals surface area (Å²) in [4.78, 5) is 9.17. The van der Waals surface area contributed by atoms with E-state index in [1.807, 2.05) is 0 Å². The number of aromatic nitrogens is 3. The van der Waals surface area contributed by atoms with Crippen LogP contribution in [0.5, 0.6) is 0 Å². The predicted molar refractivity (Wildman–Crippen MR) is 46.3 cm³/mol. The fourth-order valence-corrected chi connectivity index (χ4v) is 1.47. The Bertz CT molecular complexity index is 300. The molecule has 0 unspecified atom stereocenters. The molecule has 0 saturated carbocycles. The molecule has 2 N–H and O–H groups in total. The van der Waals surface area contributed by atoms with Gasteiger partial charge < -0.3 is 9.97 Å². The first-order valence-electron chi connectivity index (χ1n) is 2.21. The Balaban J connectivity index is 3.33. The molecular formula is C3H2ClN3S3. The molecule has 7 heteroatoms. The molecule has 10 heavy (non-hydrogen) atoms. The Kier molecular flexibility index (Phi) is 2.84. The second-order valence-corrected chi connectivity index (χ2v) is 3.18. The van der Waals surface area contributed by atoms with Gasteiger partial charge in [0.2, 0.25) is 4.77 Å². The van der Waals surface area contributed by atoms with Gasteiger partial charge in [0, 0.05) is 11.0 Å². The van der Waals surface area contributed by atoms with Crippen molar-refractivity contribution in [2.24, 2.45) is 0 Å². The van der Waals surface area contributed by atoms with E-state index in [-0.39, 0.29) is 0 Å². The molecule has 0 atom stereocenters. The van der Waals surface area contributed by atoms with Gasteiger partial charge in [-0.1, -0.05) is 0 Å². The quantitative estimate of drug-likeness (QED) is 0.701. The third-order valence-electron chi connectivity index (χ3n) is 0.717. The van der Waals surface area contributed by atoms with Crippen LogP contribution in [0.1, 0.15) is 0 Å². The predicted octanol–water partition coefficient (Wildman–Crippen LogP) is 2.44. The molecule has 0 saturated heterocycles. The third-order valence-corrected chi connectivity index (χ3v) is 1.89. The standard InChI is InChI=1S/C3H2ClN3S3/c4-10-3-6-1(8)5-2(9)7-3/h(H2,5,6,7,8,9). The van der Waals surface area contributed by atoms with E-state index in [2.05, 4.69) is 15.0 Å². The van der Waals surface area contributed by atoms with Gasteiger partial charge >= 0.3 is 0 Å². The maximum absolute atomic E-state index is 5.39. The molecular weight excluding hydrogens is 210 g/mol. The van der Waals surface area contributed by atoms with Crippen LogP contribution >= 0.6 is 46.1 Å². The number of nitrogens with one attached hydrogen (secondary N) is 2. The van der Waals surface area contributed by atoms with Crippen LogP contribution in [-0.2, 0) is 0 Å². The van der Waals surface area contributed by atoms with Gasteiger partial charge in [0.25, 0.3) is 0 Å². The minimum Gasteiger partial charge on any atom is -0.310 e. The normalized spacial score (nSPS) is 9.70. The van der Waals surface area contributed by atoms with Crippen molar-refractivity contribution in [3.63, 3.8) is 0 Å². The highest BCUT2D eigenvalue weighted by Gasteiger charge is 1.90. The van der Waals surface area contributed by atoms with E-state index in [1.165, 1.54) is 0 Å². The zero-order chi connectivity index (χ0) is 7.56. The molecule has 1 rings (SSSR count). The smallest absolute Gasteiger partial charge is 0.201 e. The fourth-order valence-electron chi connectivity index (χ4n) is 0.410. The van der Waals surface area contributed by atoms with Gasteiger partial charge in [-0.2, -0.15) is 4.98 Å². The Hall–Kier alpha value is 0.0900. The van der Waals surface area contributed by atoms with Crippen molar-refractivity contribution in [2.75, 3.05) is 0 Å². The molecule has 1 aromatic rings. The van der Waals surface area contributed by atoms with Crippen LogP contribution in [0.3, 0.4) is 0 Å². The van der Waals surface area contributed by atoms with E-state index in [1.54, 1.807) is 0 Å². The molecule has 1 aromatic heterocycles. The molecule has 1 heterocycles. The lowest BCUT2D eigenvalue weighted by molar-refractivity contribution is 0.876. The van der Waals surface area contributed by atoms with E-state index in [0.29, 0.717) is 14.7 Å². The van der Waals surface area contributed by atoms with Crippen LogP contribution in [-0.4, -0.2) is 15.0 Å². The van der Waals surface area contributed by atoms with Gasteiger partial charge in [-0.25, -0.2) is 0 Å². The van der Waals surface area contributed by atoms with Crippen LogP contribution in [0.25, 0.3) is 0 Å². The summed E-state index contributed by atoms with van der Waals surface area (Å²) in [5, 5.41) is 0.510. The van der Waals surface area contributed by atoms with Crippen LogP contribution in [0.15, 0.2) is 5.16 Å². The van der Waals surface area contributed by atoms with Gasteiger partial charge in [0.1, 0.15) is 0 Å². The average Bonchev–Trinajstić information content (AvgIpc) is 1.85. The van der Waals surface area contributed by atoms with Crippen molar-refractivity contribution in [1.82, 2.24) is 15.0 Å². The molecule has 0 spiro atoms. The minimum absolute atomic E-state index is 0.340. The highest BCUT2D eigenvalue weighted by molar-refractivity contribution is 8.21. The van der Waals surface area contributed by atoms with Gasteiger partial charge in [0.15, 0.2) is 9.93 Å². The number of H-pyrrole nitrogens is 2. The zero-order valence-corrected chi connectivity index (χ0v) is 7.76. The summed E-state index contributed by atoms with van der Waals surface area (Å²) in [5.74, 6) is 0. The lowest BCUT2D eigenvalue weighted by Gasteiger charge is -1.90. The molecule has 0 aliphatic heterocycles. The van der Waals surface area contributed by atoms with Crippen molar-refractivity contribution in [1.29, 1.82) is 0 Å². The fraction of sp³-hybridized carbons (Fsp3) is 0. The van der Waals surface area contributed by atoms with Crippen molar-refractivity contribution in [2.45, 2.75) is 5.16 Å². The molecule has 0 amide bonds. The lowest BCUT2D eigenvalue weighted by Crippen LogP contribution is -1.88. The molecule has 3 nitrogen and oxygen atoms in total. The molecule has 0 aromatic carbocycles. The Labute approximate surface area is 75.7 Å². The number of hydrogen-bond donors (Lipinski definition) is 2. The highest BCUT2D eigenvalue weighted by Crippen LogP contribution is 2.14. The lowest BCUT2D eigenvalue weighted by atomic mass is 11.1. The average molecular weight is 212 g/mol. The summed E-state index contributed by atoms with van der Waals surface area (Å²) in [6.07, 6.45) is 0. The highest BCUT2D eigenvalue weighted by atomic mass is 35.7. The molecule has 54 valence electrons. The van der Waals surface area contributed by atoms with Crippen LogP contribution in [0.2, 0.25) is 0 Å². The summed E-state index contributed by atoms with van der Waals surface area (Å²) < 4.78 is 0.773. The summed E-state index contributed by atoms with van der Waals surface area (Å²) in [7, 11) is 6.34. The largest absolute Gasteiger partial charge is 0.310 e. The van der Waals surface area contributed by atoms with Crippen molar-refractivity contribution in [3.8, 4) is 0 Å². The second kappa shape index (κ2) is 3.47. The summed E-state index contributed by atoms with van der Waals surface area (Å²) in [6, 6.07) is 0. The van der Waals surface area contributed by atoms with Gasteiger partial charge in [0.05, 0.1) is 0 Å². The van der Waals surface area contributed by atoms with Gasteiger partial charge in [-0.3, -0.25) is 0 Å². The first kappa shape index (κ1) is 8.19. The van der Waals surface area contributed by atoms with Crippen molar-refractivity contribution in [3.05, 3.63) is 9.54 Å².